The van der Waals surface area contributed by atoms with Crippen LogP contribution in [-0.4, -0.2) is 32.6 Å². The summed E-state index contributed by atoms with van der Waals surface area (Å²) in [7, 11) is 2.05. The number of anilines is 1. The number of halogens is 1. The van der Waals surface area contributed by atoms with Crippen molar-refractivity contribution in [2.45, 2.75) is 12.8 Å². The second-order valence-electron chi connectivity index (χ2n) is 5.02. The van der Waals surface area contributed by atoms with Gasteiger partial charge in [-0.2, -0.15) is 0 Å². The summed E-state index contributed by atoms with van der Waals surface area (Å²) in [6.07, 6.45) is 2.21. The lowest BCUT2D eigenvalue weighted by atomic mass is 9.99. The van der Waals surface area contributed by atoms with Crippen LogP contribution in [0.4, 0.5) is 5.69 Å². The highest BCUT2D eigenvalue weighted by atomic mass is 35.5. The molecule has 19 heavy (non-hydrogen) atoms. The molecule has 0 saturated carbocycles. The summed E-state index contributed by atoms with van der Waals surface area (Å²) in [5.41, 5.74) is 7.10. The maximum atomic E-state index is 7.41. The predicted molar refractivity (Wildman–Crippen MR) is 79.3 cm³/mol. The third kappa shape index (κ3) is 3.61. The van der Waals surface area contributed by atoms with Gasteiger partial charge in [-0.25, -0.2) is 0 Å². The average Bonchev–Trinajstić information content (AvgIpc) is 2.39. The zero-order valence-corrected chi connectivity index (χ0v) is 11.9. The molecule has 0 aromatic heterocycles. The first-order valence-electron chi connectivity index (χ1n) is 6.50. The average molecular weight is 282 g/mol. The fourth-order valence-electron chi connectivity index (χ4n) is 2.40. The molecule has 0 spiro atoms. The fourth-order valence-corrected chi connectivity index (χ4v) is 2.72. The van der Waals surface area contributed by atoms with Gasteiger partial charge in [0.25, 0.3) is 0 Å². The van der Waals surface area contributed by atoms with Crippen molar-refractivity contribution in [2.75, 3.05) is 31.7 Å². The molecule has 2 rings (SSSR count). The van der Waals surface area contributed by atoms with Gasteiger partial charge in [0.15, 0.2) is 0 Å². The molecule has 1 heterocycles. The van der Waals surface area contributed by atoms with E-state index in [1.807, 2.05) is 19.2 Å². The highest BCUT2D eigenvalue weighted by Gasteiger charge is 2.17. The van der Waals surface area contributed by atoms with Crippen LogP contribution in [0.25, 0.3) is 0 Å². The number of amidine groups is 1. The van der Waals surface area contributed by atoms with E-state index >= 15 is 0 Å². The lowest BCUT2D eigenvalue weighted by Crippen LogP contribution is -2.29. The van der Waals surface area contributed by atoms with E-state index in [-0.39, 0.29) is 5.84 Å². The van der Waals surface area contributed by atoms with Gasteiger partial charge in [-0.15, -0.1) is 0 Å². The molecule has 3 N–H and O–H groups in total. The van der Waals surface area contributed by atoms with Gasteiger partial charge < -0.3 is 15.4 Å². The Bertz CT molecular complexity index is 458. The number of benzene rings is 1. The Morgan fingerprint density at radius 2 is 2.16 bits per heavy atom. The molecule has 1 aliphatic rings. The Labute approximate surface area is 119 Å². The maximum absolute atomic E-state index is 7.41. The van der Waals surface area contributed by atoms with E-state index in [0.29, 0.717) is 16.5 Å². The van der Waals surface area contributed by atoms with Gasteiger partial charge in [-0.1, -0.05) is 11.6 Å². The number of nitrogens with two attached hydrogens (primary N) is 1. The molecule has 0 radical (unpaired) electrons. The van der Waals surface area contributed by atoms with Crippen LogP contribution in [0, 0.1) is 11.3 Å². The summed E-state index contributed by atoms with van der Waals surface area (Å²) in [5, 5.41) is 8.05. The van der Waals surface area contributed by atoms with Crippen LogP contribution in [0.2, 0.25) is 5.02 Å². The topological polar surface area (TPSA) is 62.3 Å². The molecule has 5 heteroatoms. The van der Waals surface area contributed by atoms with Crippen molar-refractivity contribution in [1.29, 1.82) is 5.41 Å². The SMILES string of the molecule is CN(CC1CCOCC1)c1ccc(C(=N)N)cc1Cl. The lowest BCUT2D eigenvalue weighted by molar-refractivity contribution is 0.0685. The van der Waals surface area contributed by atoms with Crippen molar-refractivity contribution in [3.8, 4) is 0 Å². The zero-order valence-electron chi connectivity index (χ0n) is 11.2. The van der Waals surface area contributed by atoms with Crippen LogP contribution in [0.1, 0.15) is 18.4 Å². The molecule has 0 unspecified atom stereocenters. The van der Waals surface area contributed by atoms with Crippen LogP contribution < -0.4 is 10.6 Å². The van der Waals surface area contributed by atoms with Crippen molar-refractivity contribution in [1.82, 2.24) is 0 Å². The molecule has 0 atom stereocenters. The molecule has 0 bridgehead atoms. The maximum Gasteiger partial charge on any atom is 0.122 e. The Kier molecular flexibility index (Phi) is 4.66. The van der Waals surface area contributed by atoms with Crippen LogP contribution in [0.5, 0.6) is 0 Å². The third-order valence-electron chi connectivity index (χ3n) is 3.54. The molecule has 1 aromatic carbocycles. The Balaban J connectivity index is 2.05. The van der Waals surface area contributed by atoms with Gasteiger partial charge in [-0.3, -0.25) is 5.41 Å². The lowest BCUT2D eigenvalue weighted by Gasteiger charge is -2.29. The molecule has 0 amide bonds. The van der Waals surface area contributed by atoms with Crippen molar-refractivity contribution < 1.29 is 4.74 Å². The first-order valence-corrected chi connectivity index (χ1v) is 6.88. The molecule has 1 fully saturated rings. The third-order valence-corrected chi connectivity index (χ3v) is 3.85. The molecule has 1 aliphatic heterocycles. The van der Waals surface area contributed by atoms with Gasteiger partial charge in [0.2, 0.25) is 0 Å². The summed E-state index contributed by atoms with van der Waals surface area (Å²) in [5.74, 6) is 0.697. The van der Waals surface area contributed by atoms with E-state index in [4.69, 9.17) is 27.5 Å². The van der Waals surface area contributed by atoms with Gasteiger partial charge in [-0.05, 0) is 37.0 Å². The molecule has 4 nitrogen and oxygen atoms in total. The van der Waals surface area contributed by atoms with Crippen molar-refractivity contribution in [3.63, 3.8) is 0 Å². The van der Waals surface area contributed by atoms with E-state index in [2.05, 4.69) is 4.90 Å². The highest BCUT2D eigenvalue weighted by molar-refractivity contribution is 6.33. The molecule has 104 valence electrons. The van der Waals surface area contributed by atoms with Crippen molar-refractivity contribution in [3.05, 3.63) is 28.8 Å². The zero-order chi connectivity index (χ0) is 13.8. The minimum absolute atomic E-state index is 0.0422. The highest BCUT2D eigenvalue weighted by Crippen LogP contribution is 2.28. The number of rotatable bonds is 4. The first-order chi connectivity index (χ1) is 9.08. The summed E-state index contributed by atoms with van der Waals surface area (Å²) >= 11 is 6.27. The second kappa shape index (κ2) is 6.26. The van der Waals surface area contributed by atoms with Crippen LogP contribution in [0.3, 0.4) is 0 Å². The second-order valence-corrected chi connectivity index (χ2v) is 5.42. The van der Waals surface area contributed by atoms with Crippen molar-refractivity contribution in [2.24, 2.45) is 11.7 Å². The number of hydrogen-bond acceptors (Lipinski definition) is 3. The summed E-state index contributed by atoms with van der Waals surface area (Å²) in [6.45, 7) is 2.69. The Morgan fingerprint density at radius 1 is 1.47 bits per heavy atom. The minimum atomic E-state index is 0.0422. The van der Waals surface area contributed by atoms with E-state index < -0.39 is 0 Å². The van der Waals surface area contributed by atoms with Crippen molar-refractivity contribution >= 4 is 23.1 Å². The molecule has 1 aromatic rings. The summed E-state index contributed by atoms with van der Waals surface area (Å²) < 4.78 is 5.37. The van der Waals surface area contributed by atoms with Crippen LogP contribution in [0.15, 0.2) is 18.2 Å². The fraction of sp³-hybridized carbons (Fsp3) is 0.500. The smallest absolute Gasteiger partial charge is 0.122 e. The van der Waals surface area contributed by atoms with Gasteiger partial charge >= 0.3 is 0 Å². The quantitative estimate of drug-likeness (QED) is 0.658. The molecular weight excluding hydrogens is 262 g/mol. The number of ether oxygens (including phenoxy) is 1. The van der Waals surface area contributed by atoms with E-state index in [1.165, 1.54) is 0 Å². The standard InChI is InChI=1S/C14H20ClN3O/c1-18(9-10-4-6-19-7-5-10)13-3-2-11(14(16)17)8-12(13)15/h2-3,8,10H,4-7,9H2,1H3,(H3,16,17). The minimum Gasteiger partial charge on any atom is -0.384 e. The predicted octanol–water partition coefficient (Wildman–Crippen LogP) is 2.49. The normalized spacial score (nSPS) is 16.3. The largest absolute Gasteiger partial charge is 0.384 e. The summed E-state index contributed by atoms with van der Waals surface area (Å²) in [4.78, 5) is 2.17. The van der Waals surface area contributed by atoms with Crippen LogP contribution in [-0.2, 0) is 4.74 Å². The number of nitrogens with one attached hydrogen (secondary N) is 1. The van der Waals surface area contributed by atoms with Crippen LogP contribution >= 0.6 is 11.6 Å². The first kappa shape index (κ1) is 14.2. The van der Waals surface area contributed by atoms with E-state index in [9.17, 15) is 0 Å². The Hall–Kier alpha value is -1.26. The van der Waals surface area contributed by atoms with Gasteiger partial charge in [0.05, 0.1) is 10.7 Å². The van der Waals surface area contributed by atoms with E-state index in [1.54, 1.807) is 6.07 Å². The molecule has 0 aliphatic carbocycles. The molecule has 1 saturated heterocycles. The number of nitrogens with zero attached hydrogens (tertiary/aromatic N) is 1. The summed E-state index contributed by atoms with van der Waals surface area (Å²) in [6, 6.07) is 5.52. The monoisotopic (exact) mass is 281 g/mol. The number of nitrogen functional groups attached to an aromatic ring is 1. The van der Waals surface area contributed by atoms with Gasteiger partial charge in [0.1, 0.15) is 5.84 Å². The van der Waals surface area contributed by atoms with E-state index in [0.717, 1.165) is 38.3 Å². The molecular formula is C14H20ClN3O. The number of hydrogen-bond donors (Lipinski definition) is 2. The van der Waals surface area contributed by atoms with Gasteiger partial charge in [0, 0.05) is 32.4 Å². The Morgan fingerprint density at radius 3 is 2.74 bits per heavy atom.